The van der Waals surface area contributed by atoms with E-state index in [4.69, 9.17) is 9.72 Å². The van der Waals surface area contributed by atoms with Crippen molar-refractivity contribution in [2.45, 2.75) is 134 Å². The van der Waals surface area contributed by atoms with Gasteiger partial charge in [-0.25, -0.2) is 23.1 Å². The molecule has 2 aromatic rings. The van der Waals surface area contributed by atoms with Crippen LogP contribution in [0.25, 0.3) is 0 Å². The summed E-state index contributed by atoms with van der Waals surface area (Å²) in [7, 11) is 1.55. The third-order valence-electron chi connectivity index (χ3n) is 11.2. The van der Waals surface area contributed by atoms with Gasteiger partial charge in [0.1, 0.15) is 6.17 Å². The van der Waals surface area contributed by atoms with Crippen LogP contribution in [0, 0.1) is 5.41 Å². The molecular weight excluding hydrogens is 642 g/mol. The summed E-state index contributed by atoms with van der Waals surface area (Å²) in [4.78, 5) is 16.3. The fourth-order valence-electron chi connectivity index (χ4n) is 8.75. The van der Waals surface area contributed by atoms with Gasteiger partial charge in [0.25, 0.3) is 0 Å². The highest BCUT2D eigenvalue weighted by atomic mass is 19.4. The molecule has 49 heavy (non-hydrogen) atoms. The molecule has 2 fully saturated rings. The van der Waals surface area contributed by atoms with Crippen LogP contribution in [0.5, 0.6) is 5.75 Å². The summed E-state index contributed by atoms with van der Waals surface area (Å²) >= 11 is 0. The monoisotopic (exact) mass is 690 g/mol. The molecule has 2 atom stereocenters. The van der Waals surface area contributed by atoms with Gasteiger partial charge in [-0.2, -0.15) is 13.2 Å². The Hall–Kier alpha value is -3.11. The van der Waals surface area contributed by atoms with E-state index in [1.54, 1.807) is 19.5 Å². The number of ether oxygens (including phenoxy) is 1. The molecule has 0 radical (unpaired) electrons. The topological polar surface area (TPSA) is 51.1 Å². The fourth-order valence-corrected chi connectivity index (χ4v) is 8.75. The van der Waals surface area contributed by atoms with Gasteiger partial charge in [-0.3, -0.25) is 4.98 Å². The lowest BCUT2D eigenvalue weighted by Gasteiger charge is -2.43. The van der Waals surface area contributed by atoms with Crippen molar-refractivity contribution in [2.24, 2.45) is 5.41 Å². The van der Waals surface area contributed by atoms with Gasteiger partial charge in [0.05, 0.1) is 25.2 Å². The highest BCUT2D eigenvalue weighted by molar-refractivity contribution is 5.52. The number of hydrogen-bond donors (Lipinski definition) is 0. The number of rotatable bonds is 8. The van der Waals surface area contributed by atoms with Crippen molar-refractivity contribution >= 4 is 5.95 Å². The molecule has 5 nitrogen and oxygen atoms in total. The average Bonchev–Trinajstić information content (AvgIpc) is 3.07. The Balaban J connectivity index is 1.48. The van der Waals surface area contributed by atoms with Gasteiger partial charge in [0.15, 0.2) is 5.75 Å². The summed E-state index contributed by atoms with van der Waals surface area (Å²) in [5.74, 6) is -1.89. The van der Waals surface area contributed by atoms with Gasteiger partial charge in [-0.05, 0) is 91.7 Å². The predicted molar refractivity (Wildman–Crippen MR) is 178 cm³/mol. The van der Waals surface area contributed by atoms with Crippen LogP contribution >= 0.6 is 0 Å². The lowest BCUT2D eigenvalue weighted by Crippen LogP contribution is -2.36. The molecule has 2 unspecified atom stereocenters. The van der Waals surface area contributed by atoms with E-state index in [1.165, 1.54) is 6.08 Å². The van der Waals surface area contributed by atoms with Crippen molar-refractivity contribution in [3.63, 3.8) is 0 Å². The van der Waals surface area contributed by atoms with Gasteiger partial charge < -0.3 is 9.64 Å². The molecule has 0 spiro atoms. The average molecular weight is 691 g/mol. The van der Waals surface area contributed by atoms with Crippen molar-refractivity contribution < 1.29 is 31.1 Å². The van der Waals surface area contributed by atoms with Crippen molar-refractivity contribution in [3.8, 4) is 5.75 Å². The van der Waals surface area contributed by atoms with Crippen LogP contribution in [-0.2, 0) is 6.42 Å². The maximum absolute atomic E-state index is 17.5. The molecule has 0 aromatic carbocycles. The Kier molecular flexibility index (Phi) is 10.1. The molecule has 268 valence electrons. The number of anilines is 1. The van der Waals surface area contributed by atoms with Gasteiger partial charge in [0, 0.05) is 48.7 Å². The minimum Gasteiger partial charge on any atom is -0.494 e. The Morgan fingerprint density at radius 1 is 0.959 bits per heavy atom. The number of piperidine rings is 1. The summed E-state index contributed by atoms with van der Waals surface area (Å²) < 4.78 is 92.5. The van der Waals surface area contributed by atoms with E-state index < -0.39 is 23.8 Å². The van der Waals surface area contributed by atoms with Crippen LogP contribution in [0.4, 0.5) is 32.3 Å². The number of halogens is 6. The molecule has 0 N–H and O–H groups in total. The normalized spacial score (nSPS) is 23.8. The maximum Gasteiger partial charge on any atom is 0.412 e. The first kappa shape index (κ1) is 35.7. The largest absolute Gasteiger partial charge is 0.494 e. The maximum atomic E-state index is 17.5. The fraction of sp³-hybridized carbons (Fsp3) is 0.658. The first-order valence-corrected chi connectivity index (χ1v) is 17.9. The summed E-state index contributed by atoms with van der Waals surface area (Å²) in [5, 5.41) is 0. The first-order valence-electron chi connectivity index (χ1n) is 17.9. The second-order valence-corrected chi connectivity index (χ2v) is 15.3. The van der Waals surface area contributed by atoms with Crippen LogP contribution in [0.2, 0.25) is 0 Å². The Bertz CT molecular complexity index is 1550. The lowest BCUT2D eigenvalue weighted by atomic mass is 9.64. The Labute approximate surface area is 285 Å². The summed E-state index contributed by atoms with van der Waals surface area (Å²) in [5.41, 5.74) is 3.52. The number of fused-ring (bicyclic) bond motifs is 1. The Morgan fingerprint density at radius 3 is 2.20 bits per heavy atom. The predicted octanol–water partition coefficient (Wildman–Crippen LogP) is 10.6. The number of hydrogen-bond acceptors (Lipinski definition) is 5. The molecule has 3 heterocycles. The van der Waals surface area contributed by atoms with E-state index in [0.717, 1.165) is 42.2 Å². The number of alkyl halides is 6. The van der Waals surface area contributed by atoms with E-state index in [9.17, 15) is 22.0 Å². The van der Waals surface area contributed by atoms with Crippen LogP contribution < -0.4 is 9.64 Å². The molecule has 6 rings (SSSR count). The zero-order chi connectivity index (χ0) is 35.1. The highest BCUT2D eigenvalue weighted by Gasteiger charge is 2.44. The molecule has 3 aliphatic carbocycles. The van der Waals surface area contributed by atoms with Crippen LogP contribution in [-0.4, -0.2) is 47.3 Å². The first-order chi connectivity index (χ1) is 23.2. The van der Waals surface area contributed by atoms with Gasteiger partial charge in [0.2, 0.25) is 11.9 Å². The van der Waals surface area contributed by atoms with Crippen molar-refractivity contribution in [1.29, 1.82) is 0 Å². The third kappa shape index (κ3) is 7.65. The SMILES string of the molecule is CCCC1CC(C)(C)Cc2nc(C3CCN(c4ncc(OC)cn4)CC3)c(C(F)C3=CC=C(C(F)(F)F)CC3)c(C3CCC(F)(F)CC3)c21. The van der Waals surface area contributed by atoms with Crippen LogP contribution in [0.15, 0.2) is 35.7 Å². The smallest absolute Gasteiger partial charge is 0.412 e. The van der Waals surface area contributed by atoms with Gasteiger partial charge in [-0.15, -0.1) is 0 Å². The van der Waals surface area contributed by atoms with E-state index >= 15 is 4.39 Å². The molecule has 11 heteroatoms. The number of pyridine rings is 1. The Morgan fingerprint density at radius 2 is 1.63 bits per heavy atom. The molecule has 2 aromatic heterocycles. The van der Waals surface area contributed by atoms with Gasteiger partial charge >= 0.3 is 6.18 Å². The van der Waals surface area contributed by atoms with Crippen molar-refractivity contribution in [1.82, 2.24) is 15.0 Å². The number of methoxy groups -OCH3 is 1. The molecule has 4 aliphatic rings. The highest BCUT2D eigenvalue weighted by Crippen LogP contribution is 2.54. The van der Waals surface area contributed by atoms with Crippen molar-refractivity contribution in [2.75, 3.05) is 25.1 Å². The minimum atomic E-state index is -4.47. The standard InChI is InChI=1S/C38H48F6N4O/c1-5-6-26-19-36(2,3)20-29-30(26)31(23-11-15-37(40,41)16-12-23)32(33(39)24-7-9-27(10-8-24)38(42,43)44)34(47-29)25-13-17-48(18-14-25)35-45-21-28(49-4)22-46-35/h7,9,21-23,25-26,33H,5-6,8,10-20H2,1-4H3. The molecule has 1 saturated carbocycles. The summed E-state index contributed by atoms with van der Waals surface area (Å²) in [6.45, 7) is 7.82. The molecular formula is C38H48F6N4O. The second kappa shape index (κ2) is 13.9. The van der Waals surface area contributed by atoms with Gasteiger partial charge in [-0.1, -0.05) is 39.3 Å². The van der Waals surface area contributed by atoms with E-state index in [0.29, 0.717) is 60.9 Å². The second-order valence-electron chi connectivity index (χ2n) is 15.3. The van der Waals surface area contributed by atoms with Crippen LogP contribution in [0.3, 0.4) is 0 Å². The van der Waals surface area contributed by atoms with Crippen LogP contribution in [0.1, 0.15) is 143 Å². The molecule has 1 aliphatic heterocycles. The number of allylic oxidation sites excluding steroid dienone is 4. The summed E-state index contributed by atoms with van der Waals surface area (Å²) in [6.07, 6.45) is 3.75. The third-order valence-corrected chi connectivity index (χ3v) is 11.2. The number of nitrogens with zero attached hydrogens (tertiary/aromatic N) is 4. The number of aromatic nitrogens is 3. The quantitative estimate of drug-likeness (QED) is 0.258. The van der Waals surface area contributed by atoms with Crippen molar-refractivity contribution in [3.05, 3.63) is 63.8 Å². The van der Waals surface area contributed by atoms with E-state index in [-0.39, 0.29) is 61.7 Å². The zero-order valence-electron chi connectivity index (χ0n) is 29.0. The molecule has 0 bridgehead atoms. The lowest BCUT2D eigenvalue weighted by molar-refractivity contribution is -0.0942. The van der Waals surface area contributed by atoms with E-state index in [2.05, 4.69) is 35.6 Å². The molecule has 0 amide bonds. The molecule has 1 saturated heterocycles. The van der Waals surface area contributed by atoms with E-state index in [1.807, 2.05) is 0 Å². The summed E-state index contributed by atoms with van der Waals surface area (Å²) in [6, 6.07) is 0. The zero-order valence-corrected chi connectivity index (χ0v) is 29.0. The minimum absolute atomic E-state index is 0.0373.